The summed E-state index contributed by atoms with van der Waals surface area (Å²) in [4.78, 5) is 22.5. The van der Waals surface area contributed by atoms with Crippen molar-refractivity contribution in [2.24, 2.45) is 0 Å². The van der Waals surface area contributed by atoms with Crippen molar-refractivity contribution in [1.29, 1.82) is 0 Å². The zero-order valence-electron chi connectivity index (χ0n) is 21.7. The number of rotatable bonds is 5. The van der Waals surface area contributed by atoms with Crippen molar-refractivity contribution in [3.63, 3.8) is 0 Å². The van der Waals surface area contributed by atoms with E-state index in [-0.39, 0.29) is 11.9 Å². The van der Waals surface area contributed by atoms with Crippen molar-refractivity contribution in [2.75, 3.05) is 44.9 Å². The van der Waals surface area contributed by atoms with Gasteiger partial charge in [-0.05, 0) is 79.6 Å². The van der Waals surface area contributed by atoms with E-state index < -0.39 is 0 Å². The molecule has 1 aliphatic carbocycles. The van der Waals surface area contributed by atoms with Gasteiger partial charge in [0, 0.05) is 37.1 Å². The number of benzene rings is 2. The summed E-state index contributed by atoms with van der Waals surface area (Å²) in [6.07, 6.45) is 9.60. The largest absolute Gasteiger partial charge is 0.495 e. The van der Waals surface area contributed by atoms with E-state index in [0.717, 1.165) is 86.8 Å². The molecular formula is C30H34N4O3. The SMILES string of the molecule is COc1cc(C=C2CCCN([C@H]3CCc4cc(N5CCOCC5)ccc43)C2=O)ccc1-n1cnc(C)c1. The first-order chi connectivity index (χ1) is 18.1. The second-order valence-electron chi connectivity index (χ2n) is 10.2. The van der Waals surface area contributed by atoms with Crippen LogP contribution in [0.1, 0.15) is 47.7 Å². The summed E-state index contributed by atoms with van der Waals surface area (Å²) >= 11 is 0. The van der Waals surface area contributed by atoms with Gasteiger partial charge >= 0.3 is 0 Å². The van der Waals surface area contributed by atoms with Gasteiger partial charge in [-0.2, -0.15) is 0 Å². The van der Waals surface area contributed by atoms with Crippen LogP contribution in [0.25, 0.3) is 11.8 Å². The van der Waals surface area contributed by atoms with Gasteiger partial charge in [0.25, 0.3) is 0 Å². The number of hydrogen-bond acceptors (Lipinski definition) is 5. The van der Waals surface area contributed by atoms with Gasteiger partial charge < -0.3 is 23.8 Å². The molecule has 2 saturated heterocycles. The maximum absolute atomic E-state index is 13.7. The Morgan fingerprint density at radius 3 is 2.73 bits per heavy atom. The molecule has 2 aromatic carbocycles. The standard InChI is InChI=1S/C30H34N4O3/c1-21-19-33(20-31-21)28-9-5-22(17-29(28)36-2)16-24-4-3-11-34(30(24)35)27-10-6-23-18-25(7-8-26(23)27)32-12-14-37-15-13-32/h5,7-9,16-20,27H,3-4,6,10-15H2,1-2H3/t27-/m0/s1. The number of imidazole rings is 1. The number of aromatic nitrogens is 2. The zero-order valence-corrected chi connectivity index (χ0v) is 21.7. The lowest BCUT2D eigenvalue weighted by molar-refractivity contribution is -0.131. The molecule has 0 spiro atoms. The van der Waals surface area contributed by atoms with Gasteiger partial charge in [-0.15, -0.1) is 0 Å². The molecule has 2 aliphatic heterocycles. The molecule has 192 valence electrons. The van der Waals surface area contributed by atoms with E-state index in [1.807, 2.05) is 42.0 Å². The lowest BCUT2D eigenvalue weighted by Crippen LogP contribution is -2.39. The summed E-state index contributed by atoms with van der Waals surface area (Å²) in [5.74, 6) is 0.919. The summed E-state index contributed by atoms with van der Waals surface area (Å²) in [7, 11) is 1.68. The Balaban J connectivity index is 1.22. The number of carbonyl (C=O) groups excluding carboxylic acids is 1. The van der Waals surface area contributed by atoms with Crippen LogP contribution in [0.4, 0.5) is 5.69 Å². The maximum atomic E-state index is 13.7. The Morgan fingerprint density at radius 1 is 1.08 bits per heavy atom. The second-order valence-corrected chi connectivity index (χ2v) is 10.2. The molecule has 0 radical (unpaired) electrons. The Bertz CT molecular complexity index is 1340. The van der Waals surface area contributed by atoms with Crippen LogP contribution in [0.3, 0.4) is 0 Å². The van der Waals surface area contributed by atoms with Crippen molar-refractivity contribution in [2.45, 2.75) is 38.6 Å². The third-order valence-electron chi connectivity index (χ3n) is 7.84. The average Bonchev–Trinajstić information content (AvgIpc) is 3.56. The summed E-state index contributed by atoms with van der Waals surface area (Å²) < 4.78 is 13.1. The molecule has 6 rings (SSSR count). The normalized spacial score (nSPS) is 21.0. The van der Waals surface area contributed by atoms with Crippen molar-refractivity contribution in [3.05, 3.63) is 76.9 Å². The predicted molar refractivity (Wildman–Crippen MR) is 144 cm³/mol. The quantitative estimate of drug-likeness (QED) is 0.477. The maximum Gasteiger partial charge on any atom is 0.250 e. The van der Waals surface area contributed by atoms with Crippen LogP contribution in [0, 0.1) is 6.92 Å². The minimum Gasteiger partial charge on any atom is -0.495 e. The first-order valence-corrected chi connectivity index (χ1v) is 13.3. The van der Waals surface area contributed by atoms with Crippen molar-refractivity contribution >= 4 is 17.7 Å². The third kappa shape index (κ3) is 4.64. The van der Waals surface area contributed by atoms with Crippen LogP contribution < -0.4 is 9.64 Å². The number of morpholine rings is 1. The number of fused-ring (bicyclic) bond motifs is 1. The number of anilines is 1. The van der Waals surface area contributed by atoms with Gasteiger partial charge in [-0.1, -0.05) is 12.1 Å². The van der Waals surface area contributed by atoms with E-state index in [4.69, 9.17) is 9.47 Å². The number of piperidine rings is 1. The molecule has 1 atom stereocenters. The number of amides is 1. The molecule has 2 fully saturated rings. The number of hydrogen-bond donors (Lipinski definition) is 0. The fraction of sp³-hybridized carbons (Fsp3) is 0.400. The minimum atomic E-state index is 0.159. The van der Waals surface area contributed by atoms with Crippen LogP contribution in [0.15, 0.2) is 54.5 Å². The summed E-state index contributed by atoms with van der Waals surface area (Å²) in [6.45, 7) is 6.23. The molecule has 0 bridgehead atoms. The summed E-state index contributed by atoms with van der Waals surface area (Å²) in [5, 5.41) is 0. The van der Waals surface area contributed by atoms with Gasteiger partial charge in [0.05, 0.1) is 44.1 Å². The van der Waals surface area contributed by atoms with E-state index in [9.17, 15) is 4.79 Å². The van der Waals surface area contributed by atoms with Crippen LogP contribution >= 0.6 is 0 Å². The summed E-state index contributed by atoms with van der Waals surface area (Å²) in [5.41, 5.74) is 7.70. The number of aryl methyl sites for hydroxylation is 2. The minimum absolute atomic E-state index is 0.159. The highest BCUT2D eigenvalue weighted by Crippen LogP contribution is 2.40. The molecule has 1 aromatic heterocycles. The highest BCUT2D eigenvalue weighted by molar-refractivity contribution is 5.99. The number of nitrogens with zero attached hydrogens (tertiary/aromatic N) is 4. The van der Waals surface area contributed by atoms with Gasteiger partial charge in [0.15, 0.2) is 0 Å². The third-order valence-corrected chi connectivity index (χ3v) is 7.84. The molecule has 0 saturated carbocycles. The van der Waals surface area contributed by atoms with E-state index in [1.165, 1.54) is 16.8 Å². The second kappa shape index (κ2) is 10.1. The number of likely N-dealkylation sites (tertiary alicyclic amines) is 1. The fourth-order valence-corrected chi connectivity index (χ4v) is 5.94. The van der Waals surface area contributed by atoms with E-state index >= 15 is 0 Å². The monoisotopic (exact) mass is 498 g/mol. The first kappa shape index (κ1) is 23.8. The Labute approximate surface area is 218 Å². The molecule has 1 amide bonds. The van der Waals surface area contributed by atoms with Gasteiger partial charge in [0.1, 0.15) is 5.75 Å². The molecule has 0 unspecified atom stereocenters. The Kier molecular flexibility index (Phi) is 6.47. The van der Waals surface area contributed by atoms with Crippen LogP contribution in [-0.2, 0) is 16.0 Å². The molecule has 3 aliphatic rings. The number of carbonyl (C=O) groups is 1. The smallest absolute Gasteiger partial charge is 0.250 e. The molecule has 3 heterocycles. The van der Waals surface area contributed by atoms with Crippen molar-refractivity contribution < 1.29 is 14.3 Å². The predicted octanol–water partition coefficient (Wildman–Crippen LogP) is 4.72. The zero-order chi connectivity index (χ0) is 25.4. The topological polar surface area (TPSA) is 59.8 Å². The fourth-order valence-electron chi connectivity index (χ4n) is 5.94. The number of ether oxygens (including phenoxy) is 2. The Morgan fingerprint density at radius 2 is 1.95 bits per heavy atom. The van der Waals surface area contributed by atoms with Gasteiger partial charge in [-0.3, -0.25) is 4.79 Å². The average molecular weight is 499 g/mol. The molecular weight excluding hydrogens is 464 g/mol. The highest BCUT2D eigenvalue weighted by atomic mass is 16.5. The lowest BCUT2D eigenvalue weighted by Gasteiger charge is -2.34. The molecule has 37 heavy (non-hydrogen) atoms. The van der Waals surface area contributed by atoms with Crippen molar-refractivity contribution in [3.8, 4) is 11.4 Å². The molecule has 7 heteroatoms. The number of methoxy groups -OCH3 is 1. The molecule has 7 nitrogen and oxygen atoms in total. The molecule has 3 aromatic rings. The van der Waals surface area contributed by atoms with E-state index in [1.54, 1.807) is 13.4 Å². The van der Waals surface area contributed by atoms with Gasteiger partial charge in [-0.25, -0.2) is 4.98 Å². The van der Waals surface area contributed by atoms with Gasteiger partial charge in [0.2, 0.25) is 5.91 Å². The Hall–Kier alpha value is -3.58. The highest BCUT2D eigenvalue weighted by Gasteiger charge is 2.34. The van der Waals surface area contributed by atoms with Crippen molar-refractivity contribution in [1.82, 2.24) is 14.5 Å². The lowest BCUT2D eigenvalue weighted by atomic mass is 9.97. The molecule has 0 N–H and O–H groups in total. The summed E-state index contributed by atoms with van der Waals surface area (Å²) in [6, 6.07) is 13.0. The van der Waals surface area contributed by atoms with Crippen LogP contribution in [0.2, 0.25) is 0 Å². The van der Waals surface area contributed by atoms with Crippen LogP contribution in [0.5, 0.6) is 5.75 Å². The van der Waals surface area contributed by atoms with Crippen LogP contribution in [-0.4, -0.2) is 60.3 Å². The first-order valence-electron chi connectivity index (χ1n) is 13.3. The van der Waals surface area contributed by atoms with E-state index in [2.05, 4.69) is 33.0 Å². The van der Waals surface area contributed by atoms with E-state index in [0.29, 0.717) is 0 Å².